The summed E-state index contributed by atoms with van der Waals surface area (Å²) in [5, 5.41) is 14.2. The number of ether oxygens (including phenoxy) is 1. The van der Waals surface area contributed by atoms with Crippen LogP contribution in [0.25, 0.3) is 0 Å². The molecule has 36 heavy (non-hydrogen) atoms. The molecule has 3 atom stereocenters. The molecule has 2 nitrogen and oxygen atoms in total. The van der Waals surface area contributed by atoms with Crippen molar-refractivity contribution in [3.63, 3.8) is 0 Å². The number of hydrogen-bond donors (Lipinski definition) is 1. The lowest BCUT2D eigenvalue weighted by Crippen LogP contribution is -2.44. The minimum Gasteiger partial charge on any atom is -0.505 e. The Hall–Kier alpha value is -3.16. The van der Waals surface area contributed by atoms with Gasteiger partial charge in [0.25, 0.3) is 0 Å². The molecule has 0 aromatic heterocycles. The lowest BCUT2D eigenvalue weighted by Gasteiger charge is -2.43. The van der Waals surface area contributed by atoms with Crippen molar-refractivity contribution in [3.8, 4) is 11.5 Å². The molecule has 182 valence electrons. The Morgan fingerprint density at radius 3 is 2.22 bits per heavy atom. The topological polar surface area (TPSA) is 29.5 Å². The summed E-state index contributed by atoms with van der Waals surface area (Å²) >= 11 is 0. The maximum absolute atomic E-state index is 14.0. The Bertz CT molecular complexity index is 1300. The van der Waals surface area contributed by atoms with E-state index in [-0.39, 0.29) is 17.8 Å². The van der Waals surface area contributed by atoms with Gasteiger partial charge in [-0.15, -0.1) is 0 Å². The van der Waals surface area contributed by atoms with Crippen molar-refractivity contribution in [2.75, 3.05) is 0 Å². The second-order valence-electron chi connectivity index (χ2n) is 9.96. The molecule has 4 aromatic rings. The van der Waals surface area contributed by atoms with Gasteiger partial charge in [0.15, 0.2) is 11.6 Å². The third kappa shape index (κ3) is 4.42. The van der Waals surface area contributed by atoms with Crippen LogP contribution < -0.4 is 20.7 Å². The lowest BCUT2D eigenvalue weighted by atomic mass is 9.72. The van der Waals surface area contributed by atoms with Crippen LogP contribution in [0.1, 0.15) is 30.4 Å². The van der Waals surface area contributed by atoms with Crippen LogP contribution in [-0.4, -0.2) is 11.2 Å². The minimum absolute atomic E-state index is 0.0680. The van der Waals surface area contributed by atoms with Crippen LogP contribution in [0, 0.1) is 17.7 Å². The molecule has 0 unspecified atom stereocenters. The number of halogens is 1. The Kier molecular flexibility index (Phi) is 6.50. The first-order chi connectivity index (χ1) is 17.7. The molecule has 0 saturated heterocycles. The fourth-order valence-corrected chi connectivity index (χ4v) is 8.47. The van der Waals surface area contributed by atoms with Gasteiger partial charge in [0.05, 0.1) is 0 Å². The maximum Gasteiger partial charge on any atom is 0.165 e. The van der Waals surface area contributed by atoms with Gasteiger partial charge in [-0.3, -0.25) is 0 Å². The van der Waals surface area contributed by atoms with Gasteiger partial charge in [-0.2, -0.15) is 0 Å². The highest BCUT2D eigenvalue weighted by atomic mass is 31.1. The van der Waals surface area contributed by atoms with Gasteiger partial charge >= 0.3 is 0 Å². The Morgan fingerprint density at radius 2 is 1.50 bits per heavy atom. The molecule has 1 aliphatic carbocycles. The first-order valence-electron chi connectivity index (χ1n) is 12.8. The molecular weight excluding hydrogens is 466 g/mol. The number of hydrogen-bond acceptors (Lipinski definition) is 2. The molecule has 1 saturated carbocycles. The maximum atomic E-state index is 14.0. The molecule has 1 heterocycles. The number of rotatable bonds is 5. The lowest BCUT2D eigenvalue weighted by molar-refractivity contribution is 0.0253. The molecule has 0 bridgehead atoms. The summed E-state index contributed by atoms with van der Waals surface area (Å²) in [6.45, 7) is 0. The first-order valence-corrected chi connectivity index (χ1v) is 14.2. The number of para-hydroxylation sites is 2. The summed E-state index contributed by atoms with van der Waals surface area (Å²) < 4.78 is 21.0. The molecular formula is C32H30FO2P. The molecule has 0 radical (unpaired) electrons. The highest BCUT2D eigenvalue weighted by Crippen LogP contribution is 2.45. The molecule has 2 aliphatic rings. The van der Waals surface area contributed by atoms with Crippen LogP contribution in [-0.2, 0) is 12.8 Å². The van der Waals surface area contributed by atoms with Crippen molar-refractivity contribution in [1.29, 1.82) is 0 Å². The summed E-state index contributed by atoms with van der Waals surface area (Å²) in [4.78, 5) is 0. The van der Waals surface area contributed by atoms with Crippen molar-refractivity contribution in [3.05, 3.63) is 114 Å². The highest BCUT2D eigenvalue weighted by molar-refractivity contribution is 7.80. The smallest absolute Gasteiger partial charge is 0.165 e. The monoisotopic (exact) mass is 496 g/mol. The highest BCUT2D eigenvalue weighted by Gasteiger charge is 2.40. The predicted octanol–water partition coefficient (Wildman–Crippen LogP) is 6.25. The van der Waals surface area contributed by atoms with Crippen LogP contribution in [0.15, 0.2) is 97.1 Å². The zero-order chi connectivity index (χ0) is 24.5. The molecule has 1 N–H and O–H groups in total. The number of phenols is 1. The van der Waals surface area contributed by atoms with E-state index in [1.807, 2.05) is 6.07 Å². The van der Waals surface area contributed by atoms with Gasteiger partial charge < -0.3 is 9.84 Å². The molecule has 4 aromatic carbocycles. The third-order valence-corrected chi connectivity index (χ3v) is 10.2. The van der Waals surface area contributed by atoms with Gasteiger partial charge in [0, 0.05) is 17.1 Å². The number of fused-ring (bicyclic) bond motifs is 2. The van der Waals surface area contributed by atoms with E-state index in [1.54, 1.807) is 6.07 Å². The average Bonchev–Trinajstić information content (AvgIpc) is 2.92. The Labute approximate surface area is 213 Å². The zero-order valence-corrected chi connectivity index (χ0v) is 21.1. The van der Waals surface area contributed by atoms with Gasteiger partial charge in [-0.1, -0.05) is 97.4 Å². The van der Waals surface area contributed by atoms with Crippen molar-refractivity contribution >= 4 is 23.8 Å². The molecule has 0 spiro atoms. The fraction of sp³-hybridized carbons (Fsp3) is 0.250. The third-order valence-electron chi connectivity index (χ3n) is 7.71. The van der Waals surface area contributed by atoms with E-state index in [2.05, 4.69) is 78.9 Å². The second kappa shape index (κ2) is 10.1. The van der Waals surface area contributed by atoms with E-state index in [9.17, 15) is 9.50 Å². The quantitative estimate of drug-likeness (QED) is 0.331. The van der Waals surface area contributed by atoms with Crippen molar-refractivity contribution in [2.45, 2.75) is 38.2 Å². The van der Waals surface area contributed by atoms with Gasteiger partial charge in [0.1, 0.15) is 11.9 Å². The Balaban J connectivity index is 1.39. The minimum atomic E-state index is -0.772. The van der Waals surface area contributed by atoms with E-state index in [0.717, 1.165) is 31.4 Å². The van der Waals surface area contributed by atoms with Gasteiger partial charge in [-0.25, -0.2) is 4.39 Å². The zero-order valence-electron chi connectivity index (χ0n) is 20.2. The SMILES string of the molecule is Oc1c(F)cccc1C[C@H]1CCC[C@@H]2Cc3cccc(P(c4ccccc4)c4ccccc4)c3O[C@H]12. The van der Waals surface area contributed by atoms with Crippen LogP contribution in [0.5, 0.6) is 11.5 Å². The summed E-state index contributed by atoms with van der Waals surface area (Å²) in [5.41, 5.74) is 1.97. The summed E-state index contributed by atoms with van der Waals surface area (Å²) in [6.07, 6.45) is 5.02. The Morgan fingerprint density at radius 1 is 0.806 bits per heavy atom. The number of aromatic hydroxyl groups is 1. The molecule has 4 heteroatoms. The average molecular weight is 497 g/mol. The van der Waals surface area contributed by atoms with Crippen LogP contribution in [0.4, 0.5) is 4.39 Å². The number of phenolic OH excluding ortho intramolecular Hbond substituents is 1. The van der Waals surface area contributed by atoms with Gasteiger partial charge in [-0.05, 0) is 61.4 Å². The van der Waals surface area contributed by atoms with E-state index < -0.39 is 13.7 Å². The molecule has 1 fully saturated rings. The summed E-state index contributed by atoms with van der Waals surface area (Å²) in [5.74, 6) is 0.966. The van der Waals surface area contributed by atoms with Crippen LogP contribution >= 0.6 is 7.92 Å². The van der Waals surface area contributed by atoms with E-state index >= 15 is 0 Å². The molecule has 0 amide bonds. The van der Waals surface area contributed by atoms with Gasteiger partial charge in [0.2, 0.25) is 0 Å². The van der Waals surface area contributed by atoms with Crippen molar-refractivity contribution < 1.29 is 14.2 Å². The first kappa shape index (κ1) is 23.3. The second-order valence-corrected chi connectivity index (χ2v) is 12.1. The normalized spacial score (nSPS) is 20.9. The predicted molar refractivity (Wildman–Crippen MR) is 146 cm³/mol. The largest absolute Gasteiger partial charge is 0.505 e. The van der Waals surface area contributed by atoms with Crippen molar-refractivity contribution in [2.24, 2.45) is 11.8 Å². The summed E-state index contributed by atoms with van der Waals surface area (Å²) in [6, 6.07) is 33.0. The van der Waals surface area contributed by atoms with Crippen LogP contribution in [0.2, 0.25) is 0 Å². The standard InChI is InChI=1S/C32H30FO2P/c33-28-18-8-10-22(30(28)34)20-23-11-7-12-24-21-25-13-9-19-29(32(25)35-31(23)24)36(26-14-3-1-4-15-26)27-16-5-2-6-17-27/h1-6,8-10,13-19,23-24,31,34H,7,11-12,20-21H2/t23-,24-,31-/m1/s1. The molecule has 6 rings (SSSR count). The van der Waals surface area contributed by atoms with E-state index in [0.29, 0.717) is 17.9 Å². The number of benzene rings is 4. The van der Waals surface area contributed by atoms with Crippen molar-refractivity contribution in [1.82, 2.24) is 0 Å². The molecule has 1 aliphatic heterocycles. The summed E-state index contributed by atoms with van der Waals surface area (Å²) in [7, 11) is -0.772. The van der Waals surface area contributed by atoms with E-state index in [1.165, 1.54) is 27.5 Å². The fourth-order valence-electron chi connectivity index (χ4n) is 6.04. The van der Waals surface area contributed by atoms with Crippen LogP contribution in [0.3, 0.4) is 0 Å². The van der Waals surface area contributed by atoms with E-state index in [4.69, 9.17) is 4.74 Å².